The van der Waals surface area contributed by atoms with E-state index in [0.717, 1.165) is 53.4 Å². The number of aromatic amines is 1. The molecule has 0 radical (unpaired) electrons. The first kappa shape index (κ1) is 23.1. The van der Waals surface area contributed by atoms with Gasteiger partial charge in [-0.3, -0.25) is 14.9 Å². The Labute approximate surface area is 205 Å². The second kappa shape index (κ2) is 9.50. The van der Waals surface area contributed by atoms with E-state index in [2.05, 4.69) is 28.4 Å². The number of hydrogen-bond acceptors (Lipinski definition) is 5. The summed E-state index contributed by atoms with van der Waals surface area (Å²) in [6.45, 7) is 0.645. The van der Waals surface area contributed by atoms with Gasteiger partial charge in [-0.2, -0.15) is 5.10 Å². The van der Waals surface area contributed by atoms with Crippen LogP contribution in [0.4, 0.5) is 5.82 Å². The molecule has 1 saturated carbocycles. The Bertz CT molecular complexity index is 1320. The van der Waals surface area contributed by atoms with Crippen molar-refractivity contribution in [1.29, 1.82) is 0 Å². The zero-order chi connectivity index (χ0) is 24.4. The number of nitrogens with zero attached hydrogens (tertiary/aromatic N) is 2. The van der Waals surface area contributed by atoms with E-state index in [1.54, 1.807) is 0 Å². The van der Waals surface area contributed by atoms with Crippen molar-refractivity contribution >= 4 is 22.6 Å². The maximum atomic E-state index is 13.1. The standard InChI is InChI=1S/C28H32N6O/c29-17-19-8-11-28(12-9-19,27(31)35)23(14-18-4-2-1-3-5-18)25-16-21(10-13-32-25)20-6-7-22-24(15-20)33-34-26(22)30/h1-7,10,13,15-16,19,23H,8-9,11-12,14,17,29H2,(H2,31,35)(H3,30,33,34). The number of rotatable bonds is 7. The zero-order valence-electron chi connectivity index (χ0n) is 19.8. The number of nitrogens with two attached hydrogens (primary N) is 3. The Hall–Kier alpha value is -3.71. The number of aromatic nitrogens is 3. The van der Waals surface area contributed by atoms with Crippen molar-refractivity contribution in [1.82, 2.24) is 15.2 Å². The largest absolute Gasteiger partial charge is 0.382 e. The van der Waals surface area contributed by atoms with E-state index in [1.165, 1.54) is 5.56 Å². The molecule has 7 heteroatoms. The molecule has 7 N–H and O–H groups in total. The third-order valence-corrected chi connectivity index (χ3v) is 7.83. The summed E-state index contributed by atoms with van der Waals surface area (Å²) < 4.78 is 0. The summed E-state index contributed by atoms with van der Waals surface area (Å²) in [6, 6.07) is 20.4. The van der Waals surface area contributed by atoms with Crippen LogP contribution >= 0.6 is 0 Å². The predicted molar refractivity (Wildman–Crippen MR) is 139 cm³/mol. The van der Waals surface area contributed by atoms with Gasteiger partial charge < -0.3 is 17.2 Å². The van der Waals surface area contributed by atoms with E-state index in [4.69, 9.17) is 22.2 Å². The van der Waals surface area contributed by atoms with Crippen LogP contribution < -0.4 is 17.2 Å². The third-order valence-electron chi connectivity index (χ3n) is 7.83. The Morgan fingerprint density at radius 2 is 1.80 bits per heavy atom. The van der Waals surface area contributed by atoms with Crippen molar-refractivity contribution in [3.63, 3.8) is 0 Å². The highest BCUT2D eigenvalue weighted by atomic mass is 16.1. The lowest BCUT2D eigenvalue weighted by molar-refractivity contribution is -0.131. The molecule has 1 amide bonds. The first-order chi connectivity index (χ1) is 17.0. The lowest BCUT2D eigenvalue weighted by atomic mass is 9.60. The van der Waals surface area contributed by atoms with Gasteiger partial charge in [-0.1, -0.05) is 36.4 Å². The average molecular weight is 469 g/mol. The summed E-state index contributed by atoms with van der Waals surface area (Å²) in [6.07, 6.45) is 5.79. The van der Waals surface area contributed by atoms with Crippen LogP contribution in [0.5, 0.6) is 0 Å². The number of amides is 1. The van der Waals surface area contributed by atoms with Gasteiger partial charge in [0.05, 0.1) is 10.9 Å². The highest BCUT2D eigenvalue weighted by molar-refractivity contribution is 5.91. The lowest BCUT2D eigenvalue weighted by Crippen LogP contribution is -2.46. The molecule has 2 aromatic heterocycles. The molecule has 1 aliphatic rings. The summed E-state index contributed by atoms with van der Waals surface area (Å²) in [5.41, 5.74) is 22.4. The number of benzene rings is 2. The van der Waals surface area contributed by atoms with Crippen LogP contribution in [0.2, 0.25) is 0 Å². The molecule has 0 spiro atoms. The van der Waals surface area contributed by atoms with Crippen LogP contribution in [0.15, 0.2) is 66.9 Å². The van der Waals surface area contributed by atoms with Gasteiger partial charge in [0.2, 0.25) is 5.91 Å². The molecule has 1 atom stereocenters. The van der Waals surface area contributed by atoms with E-state index in [1.807, 2.05) is 48.7 Å². The molecule has 1 aliphatic carbocycles. The molecular weight excluding hydrogens is 436 g/mol. The van der Waals surface area contributed by atoms with E-state index in [-0.39, 0.29) is 11.8 Å². The topological polar surface area (TPSA) is 137 Å². The van der Waals surface area contributed by atoms with Crippen molar-refractivity contribution in [2.75, 3.05) is 12.3 Å². The zero-order valence-corrected chi connectivity index (χ0v) is 19.8. The minimum Gasteiger partial charge on any atom is -0.382 e. The predicted octanol–water partition coefficient (Wildman–Crippen LogP) is 4.15. The fourth-order valence-electron chi connectivity index (χ4n) is 5.67. The van der Waals surface area contributed by atoms with Gasteiger partial charge in [-0.25, -0.2) is 0 Å². The number of anilines is 1. The van der Waals surface area contributed by atoms with Crippen LogP contribution in [0.3, 0.4) is 0 Å². The summed E-state index contributed by atoms with van der Waals surface area (Å²) in [5, 5.41) is 7.99. The monoisotopic (exact) mass is 468 g/mol. The average Bonchev–Trinajstić information content (AvgIpc) is 3.28. The van der Waals surface area contributed by atoms with Crippen molar-refractivity contribution < 1.29 is 4.79 Å². The van der Waals surface area contributed by atoms with Crippen molar-refractivity contribution in [3.05, 3.63) is 78.1 Å². The van der Waals surface area contributed by atoms with Crippen molar-refractivity contribution in [2.24, 2.45) is 22.8 Å². The highest BCUT2D eigenvalue weighted by Crippen LogP contribution is 2.50. The minimum absolute atomic E-state index is 0.132. The van der Waals surface area contributed by atoms with Crippen LogP contribution in [0, 0.1) is 11.3 Å². The number of hydrogen-bond donors (Lipinski definition) is 4. The molecule has 1 unspecified atom stereocenters. The van der Waals surface area contributed by atoms with Gasteiger partial charge in [0.1, 0.15) is 0 Å². The lowest BCUT2D eigenvalue weighted by Gasteiger charge is -2.43. The Morgan fingerprint density at radius 1 is 1.06 bits per heavy atom. The van der Waals surface area contributed by atoms with Gasteiger partial charge >= 0.3 is 0 Å². The molecule has 35 heavy (non-hydrogen) atoms. The first-order valence-electron chi connectivity index (χ1n) is 12.2. The fourth-order valence-corrected chi connectivity index (χ4v) is 5.67. The quantitative estimate of drug-likeness (QED) is 0.323. The van der Waals surface area contributed by atoms with E-state index in [9.17, 15) is 4.79 Å². The summed E-state index contributed by atoms with van der Waals surface area (Å²) in [7, 11) is 0. The maximum Gasteiger partial charge on any atom is 0.224 e. The van der Waals surface area contributed by atoms with E-state index < -0.39 is 5.41 Å². The number of primary amides is 1. The Kier molecular flexibility index (Phi) is 6.26. The number of nitrogen functional groups attached to an aromatic ring is 1. The number of carbonyl (C=O) groups excluding carboxylic acids is 1. The number of pyridine rings is 1. The molecule has 2 heterocycles. The fraction of sp³-hybridized carbons (Fsp3) is 0.321. The van der Waals surface area contributed by atoms with Gasteiger partial charge in [0, 0.05) is 23.2 Å². The maximum absolute atomic E-state index is 13.1. The molecule has 180 valence electrons. The molecule has 0 saturated heterocycles. The summed E-state index contributed by atoms with van der Waals surface area (Å²) in [4.78, 5) is 17.9. The molecule has 4 aromatic rings. The third kappa shape index (κ3) is 4.39. The second-order valence-electron chi connectivity index (χ2n) is 9.78. The highest BCUT2D eigenvalue weighted by Gasteiger charge is 2.47. The van der Waals surface area contributed by atoms with E-state index in [0.29, 0.717) is 24.7 Å². The molecule has 2 aromatic carbocycles. The molecular formula is C28H32N6O. The molecule has 7 nitrogen and oxygen atoms in total. The van der Waals surface area contributed by atoms with E-state index >= 15 is 0 Å². The summed E-state index contributed by atoms with van der Waals surface area (Å²) in [5.74, 6) is 0.553. The van der Waals surface area contributed by atoms with Gasteiger partial charge in [-0.15, -0.1) is 0 Å². The number of H-pyrrole nitrogens is 1. The van der Waals surface area contributed by atoms with Gasteiger partial charge in [-0.05, 0) is 85.5 Å². The SMILES string of the molecule is NCC1CCC(C(N)=O)(C(Cc2ccccc2)c2cc(-c3ccc4c(N)n[nH]c4c3)ccn2)CC1. The van der Waals surface area contributed by atoms with Crippen molar-refractivity contribution in [2.45, 2.75) is 38.0 Å². The van der Waals surface area contributed by atoms with Crippen molar-refractivity contribution in [3.8, 4) is 11.1 Å². The van der Waals surface area contributed by atoms with Crippen LogP contribution in [0.1, 0.15) is 42.9 Å². The van der Waals surface area contributed by atoms with Gasteiger partial charge in [0.15, 0.2) is 5.82 Å². The number of carbonyl (C=O) groups is 1. The number of fused-ring (bicyclic) bond motifs is 1. The molecule has 1 fully saturated rings. The smallest absolute Gasteiger partial charge is 0.224 e. The van der Waals surface area contributed by atoms with Crippen LogP contribution in [-0.4, -0.2) is 27.6 Å². The molecule has 0 bridgehead atoms. The molecule has 0 aliphatic heterocycles. The normalized spacial score (nSPS) is 21.1. The Balaban J connectivity index is 1.57. The number of nitrogens with one attached hydrogen (secondary N) is 1. The first-order valence-corrected chi connectivity index (χ1v) is 12.2. The van der Waals surface area contributed by atoms with Crippen LogP contribution in [-0.2, 0) is 11.2 Å². The Morgan fingerprint density at radius 3 is 2.51 bits per heavy atom. The molecule has 5 rings (SSSR count). The van der Waals surface area contributed by atoms with Gasteiger partial charge in [0.25, 0.3) is 0 Å². The summed E-state index contributed by atoms with van der Waals surface area (Å²) >= 11 is 0. The minimum atomic E-state index is -0.658. The second-order valence-corrected chi connectivity index (χ2v) is 9.78. The van der Waals surface area contributed by atoms with Crippen LogP contribution in [0.25, 0.3) is 22.0 Å².